The zero-order valence-electron chi connectivity index (χ0n) is 16.6. The monoisotopic (exact) mass is 399 g/mol. The highest BCUT2D eigenvalue weighted by molar-refractivity contribution is 5.92. The van der Waals surface area contributed by atoms with Gasteiger partial charge in [0, 0.05) is 19.1 Å². The molecular weight excluding hydrogens is 374 g/mol. The van der Waals surface area contributed by atoms with Crippen molar-refractivity contribution in [2.45, 2.75) is 25.8 Å². The lowest BCUT2D eigenvalue weighted by Crippen LogP contribution is -2.46. The van der Waals surface area contributed by atoms with E-state index in [0.29, 0.717) is 44.1 Å². The Hall–Kier alpha value is -3.36. The number of ether oxygens (including phenoxy) is 2. The van der Waals surface area contributed by atoms with E-state index in [2.05, 4.69) is 20.8 Å². The number of aromatic nitrogens is 2. The fourth-order valence-electron chi connectivity index (χ4n) is 3.09. The normalized spacial score (nSPS) is 14.2. The number of para-hydroxylation sites is 2. The highest BCUT2D eigenvalue weighted by Gasteiger charge is 2.25. The average Bonchev–Trinajstić information content (AvgIpc) is 2.75. The molecule has 1 aromatic heterocycles. The van der Waals surface area contributed by atoms with Gasteiger partial charge in [0.1, 0.15) is 5.75 Å². The minimum Gasteiger partial charge on any atom is -0.495 e. The van der Waals surface area contributed by atoms with Crippen molar-refractivity contribution in [2.24, 2.45) is 0 Å². The summed E-state index contributed by atoms with van der Waals surface area (Å²) in [7, 11) is 1.59. The summed E-state index contributed by atoms with van der Waals surface area (Å²) >= 11 is 0. The molecule has 1 aliphatic rings. The molecule has 0 bridgehead atoms. The second-order valence-electron chi connectivity index (χ2n) is 6.56. The van der Waals surface area contributed by atoms with Crippen molar-refractivity contribution in [1.82, 2.24) is 20.4 Å². The molecule has 2 amide bonds. The maximum atomic E-state index is 12.4. The van der Waals surface area contributed by atoms with Crippen molar-refractivity contribution in [1.29, 1.82) is 0 Å². The number of methoxy groups -OCH3 is 1. The smallest absolute Gasteiger partial charge is 0.409 e. The van der Waals surface area contributed by atoms with E-state index in [0.717, 1.165) is 5.69 Å². The van der Waals surface area contributed by atoms with Crippen molar-refractivity contribution in [3.8, 4) is 5.75 Å². The van der Waals surface area contributed by atoms with Crippen LogP contribution in [0.1, 0.15) is 30.3 Å². The summed E-state index contributed by atoms with van der Waals surface area (Å²) in [5.74, 6) is 0.912. The molecule has 0 spiro atoms. The van der Waals surface area contributed by atoms with E-state index in [-0.39, 0.29) is 23.7 Å². The molecule has 0 aliphatic carbocycles. The van der Waals surface area contributed by atoms with Crippen LogP contribution in [0.25, 0.3) is 0 Å². The van der Waals surface area contributed by atoms with Gasteiger partial charge in [0.05, 0.1) is 19.4 Å². The van der Waals surface area contributed by atoms with Gasteiger partial charge in [0.15, 0.2) is 11.5 Å². The van der Waals surface area contributed by atoms with Crippen LogP contribution in [-0.4, -0.2) is 59.9 Å². The first-order chi connectivity index (χ1) is 14.1. The molecule has 3 rings (SSSR count). The van der Waals surface area contributed by atoms with Crippen LogP contribution < -0.4 is 15.4 Å². The fourth-order valence-corrected chi connectivity index (χ4v) is 3.09. The van der Waals surface area contributed by atoms with E-state index in [1.165, 1.54) is 0 Å². The molecule has 29 heavy (non-hydrogen) atoms. The zero-order valence-corrected chi connectivity index (χ0v) is 16.6. The number of rotatable bonds is 6. The van der Waals surface area contributed by atoms with E-state index in [1.54, 1.807) is 31.1 Å². The summed E-state index contributed by atoms with van der Waals surface area (Å²) in [4.78, 5) is 25.8. The van der Waals surface area contributed by atoms with Gasteiger partial charge < -0.3 is 25.0 Å². The minimum atomic E-state index is -0.304. The number of hydrogen-bond acceptors (Lipinski definition) is 7. The Kier molecular flexibility index (Phi) is 6.83. The highest BCUT2D eigenvalue weighted by atomic mass is 16.6. The van der Waals surface area contributed by atoms with Gasteiger partial charge >= 0.3 is 6.09 Å². The first-order valence-electron chi connectivity index (χ1n) is 9.57. The number of likely N-dealkylation sites (tertiary alicyclic amines) is 1. The zero-order chi connectivity index (χ0) is 20.6. The van der Waals surface area contributed by atoms with Gasteiger partial charge in [-0.25, -0.2) is 4.79 Å². The van der Waals surface area contributed by atoms with Gasteiger partial charge in [0.25, 0.3) is 5.91 Å². The van der Waals surface area contributed by atoms with Crippen LogP contribution in [0.4, 0.5) is 16.3 Å². The number of nitrogens with one attached hydrogen (secondary N) is 2. The SMILES string of the molecule is CCOC(=O)N1CCC(NC(=O)c2ccc(Nc3ccccc3OC)nn2)CC1. The second kappa shape index (κ2) is 9.72. The number of hydrogen-bond donors (Lipinski definition) is 2. The predicted molar refractivity (Wildman–Crippen MR) is 107 cm³/mol. The number of amides is 2. The average molecular weight is 399 g/mol. The van der Waals surface area contributed by atoms with Gasteiger partial charge in [-0.3, -0.25) is 4.79 Å². The molecule has 1 aromatic carbocycles. The Labute approximate surface area is 169 Å². The summed E-state index contributed by atoms with van der Waals surface area (Å²) in [6, 6.07) is 10.8. The number of carbonyl (C=O) groups is 2. The third kappa shape index (κ3) is 5.34. The lowest BCUT2D eigenvalue weighted by Gasteiger charge is -2.31. The molecule has 9 nitrogen and oxygen atoms in total. The van der Waals surface area contributed by atoms with Gasteiger partial charge in [-0.15, -0.1) is 10.2 Å². The largest absolute Gasteiger partial charge is 0.495 e. The summed E-state index contributed by atoms with van der Waals surface area (Å²) in [5.41, 5.74) is 0.998. The number of carbonyl (C=O) groups excluding carboxylic acids is 2. The molecule has 0 radical (unpaired) electrons. The van der Waals surface area contributed by atoms with E-state index >= 15 is 0 Å². The van der Waals surface area contributed by atoms with Crippen LogP contribution in [0.5, 0.6) is 5.75 Å². The molecule has 2 aromatic rings. The van der Waals surface area contributed by atoms with Crippen LogP contribution >= 0.6 is 0 Å². The number of benzene rings is 1. The van der Waals surface area contributed by atoms with Crippen molar-refractivity contribution >= 4 is 23.5 Å². The van der Waals surface area contributed by atoms with E-state index in [4.69, 9.17) is 9.47 Å². The Balaban J connectivity index is 1.52. The first-order valence-corrected chi connectivity index (χ1v) is 9.57. The van der Waals surface area contributed by atoms with Gasteiger partial charge in [-0.2, -0.15) is 0 Å². The predicted octanol–water partition coefficient (Wildman–Crippen LogP) is 2.58. The number of piperidine rings is 1. The lowest BCUT2D eigenvalue weighted by molar-refractivity contribution is 0.0856. The van der Waals surface area contributed by atoms with E-state index in [9.17, 15) is 9.59 Å². The van der Waals surface area contributed by atoms with Crippen molar-refractivity contribution in [2.75, 3.05) is 32.1 Å². The topological polar surface area (TPSA) is 106 Å². The summed E-state index contributed by atoms with van der Waals surface area (Å²) in [6.07, 6.45) is 1.04. The quantitative estimate of drug-likeness (QED) is 0.769. The first kappa shape index (κ1) is 20.4. The maximum Gasteiger partial charge on any atom is 0.409 e. The molecule has 1 fully saturated rings. The molecule has 0 atom stereocenters. The van der Waals surface area contributed by atoms with Crippen molar-refractivity contribution < 1.29 is 19.1 Å². The van der Waals surface area contributed by atoms with Gasteiger partial charge in [-0.05, 0) is 44.0 Å². The third-order valence-electron chi connectivity index (χ3n) is 4.62. The molecule has 0 saturated carbocycles. The Morgan fingerprint density at radius 3 is 2.55 bits per heavy atom. The number of anilines is 2. The van der Waals surface area contributed by atoms with Crippen molar-refractivity contribution in [3.05, 3.63) is 42.1 Å². The van der Waals surface area contributed by atoms with Gasteiger partial charge in [-0.1, -0.05) is 12.1 Å². The summed E-state index contributed by atoms with van der Waals surface area (Å²) in [6.45, 7) is 3.24. The van der Waals surface area contributed by atoms with Crippen LogP contribution in [-0.2, 0) is 4.74 Å². The Morgan fingerprint density at radius 1 is 1.14 bits per heavy atom. The van der Waals surface area contributed by atoms with Crippen molar-refractivity contribution in [3.63, 3.8) is 0 Å². The molecule has 2 heterocycles. The van der Waals surface area contributed by atoms with Crippen LogP contribution in [0.2, 0.25) is 0 Å². The molecule has 2 N–H and O–H groups in total. The lowest BCUT2D eigenvalue weighted by atomic mass is 10.1. The molecular formula is C20H25N5O4. The maximum absolute atomic E-state index is 12.4. The molecule has 1 aliphatic heterocycles. The summed E-state index contributed by atoms with van der Waals surface area (Å²) in [5, 5.41) is 14.2. The van der Waals surface area contributed by atoms with Gasteiger partial charge in [0.2, 0.25) is 0 Å². The highest BCUT2D eigenvalue weighted by Crippen LogP contribution is 2.25. The van der Waals surface area contributed by atoms with Crippen LogP contribution in [0.3, 0.4) is 0 Å². The third-order valence-corrected chi connectivity index (χ3v) is 4.62. The molecule has 154 valence electrons. The Bertz CT molecular complexity index is 835. The van der Waals surface area contributed by atoms with E-state index in [1.807, 2.05) is 24.3 Å². The molecule has 1 saturated heterocycles. The molecule has 0 unspecified atom stereocenters. The number of nitrogens with zero attached hydrogens (tertiary/aromatic N) is 3. The Morgan fingerprint density at radius 2 is 1.90 bits per heavy atom. The minimum absolute atomic E-state index is 0.0126. The van der Waals surface area contributed by atoms with Crippen LogP contribution in [0, 0.1) is 0 Å². The standard InChI is InChI=1S/C20H25N5O4/c1-3-29-20(27)25-12-10-14(11-13-25)21-19(26)16-8-9-18(24-23-16)22-15-6-4-5-7-17(15)28-2/h4-9,14H,3,10-13H2,1-2H3,(H,21,26)(H,22,24). The van der Waals surface area contributed by atoms with Crippen LogP contribution in [0.15, 0.2) is 36.4 Å². The molecule has 9 heteroatoms. The fraction of sp³-hybridized carbons (Fsp3) is 0.400. The second-order valence-corrected chi connectivity index (χ2v) is 6.56. The van der Waals surface area contributed by atoms with E-state index < -0.39 is 0 Å². The summed E-state index contributed by atoms with van der Waals surface area (Å²) < 4.78 is 10.3.